The summed E-state index contributed by atoms with van der Waals surface area (Å²) in [5.74, 6) is -0.335. The van der Waals surface area contributed by atoms with Crippen molar-refractivity contribution in [3.63, 3.8) is 0 Å². The Balaban J connectivity index is 1.75. The zero-order valence-corrected chi connectivity index (χ0v) is 26.4. The number of sulfonamides is 1. The van der Waals surface area contributed by atoms with E-state index in [0.717, 1.165) is 46.7 Å². The van der Waals surface area contributed by atoms with E-state index in [1.807, 2.05) is 52.0 Å². The molecule has 0 unspecified atom stereocenters. The molecule has 1 aliphatic carbocycles. The smallest absolute Gasteiger partial charge is 0.264 e. The molecule has 43 heavy (non-hydrogen) atoms. The predicted molar refractivity (Wildman–Crippen MR) is 170 cm³/mol. The summed E-state index contributed by atoms with van der Waals surface area (Å²) in [6, 6.07) is 20.5. The molecule has 0 spiro atoms. The van der Waals surface area contributed by atoms with Gasteiger partial charge in [0.05, 0.1) is 17.2 Å². The lowest BCUT2D eigenvalue weighted by atomic mass is 10.1. The molecule has 1 fully saturated rings. The average Bonchev–Trinajstić information content (AvgIpc) is 3.50. The summed E-state index contributed by atoms with van der Waals surface area (Å²) in [5, 5.41) is 3.15. The number of anilines is 1. The van der Waals surface area contributed by atoms with Crippen LogP contribution in [0.4, 0.5) is 5.69 Å². The molecule has 1 aliphatic rings. The monoisotopic (exact) mass is 605 g/mol. The van der Waals surface area contributed by atoms with Crippen molar-refractivity contribution >= 4 is 27.5 Å². The maximum atomic E-state index is 14.3. The van der Waals surface area contributed by atoms with Crippen molar-refractivity contribution in [2.75, 3.05) is 17.5 Å². The van der Waals surface area contributed by atoms with Crippen molar-refractivity contribution in [2.45, 2.75) is 83.3 Å². The third-order valence-corrected chi connectivity index (χ3v) is 9.66. The maximum absolute atomic E-state index is 14.3. The van der Waals surface area contributed by atoms with Crippen LogP contribution >= 0.6 is 0 Å². The van der Waals surface area contributed by atoms with E-state index >= 15 is 0 Å². The van der Waals surface area contributed by atoms with Crippen LogP contribution in [0.3, 0.4) is 0 Å². The minimum absolute atomic E-state index is 0.0632. The highest BCUT2D eigenvalue weighted by Crippen LogP contribution is 2.33. The van der Waals surface area contributed by atoms with Crippen molar-refractivity contribution in [3.8, 4) is 5.75 Å². The van der Waals surface area contributed by atoms with E-state index in [1.165, 1.54) is 4.90 Å². The Bertz CT molecular complexity index is 1480. The van der Waals surface area contributed by atoms with Crippen LogP contribution in [0.25, 0.3) is 0 Å². The second-order valence-electron chi connectivity index (χ2n) is 11.1. The third-order valence-electron chi connectivity index (χ3n) is 7.88. The van der Waals surface area contributed by atoms with Crippen LogP contribution in [0.15, 0.2) is 77.7 Å². The summed E-state index contributed by atoms with van der Waals surface area (Å²) in [4.78, 5) is 29.5. The van der Waals surface area contributed by atoms with Gasteiger partial charge in [-0.15, -0.1) is 0 Å². The highest BCUT2D eigenvalue weighted by molar-refractivity contribution is 7.92. The minimum Gasteiger partial charge on any atom is -0.492 e. The van der Waals surface area contributed by atoms with Gasteiger partial charge in [-0.2, -0.15) is 0 Å². The van der Waals surface area contributed by atoms with Crippen molar-refractivity contribution < 1.29 is 22.7 Å². The van der Waals surface area contributed by atoms with Crippen LogP contribution in [0.2, 0.25) is 0 Å². The number of aryl methyl sites for hydroxylation is 2. The lowest BCUT2D eigenvalue weighted by Gasteiger charge is -2.34. The number of benzene rings is 3. The zero-order valence-electron chi connectivity index (χ0n) is 25.6. The molecule has 0 heterocycles. The van der Waals surface area contributed by atoms with E-state index in [1.54, 1.807) is 48.5 Å². The van der Waals surface area contributed by atoms with Gasteiger partial charge in [0.1, 0.15) is 18.3 Å². The number of nitrogens with zero attached hydrogens (tertiary/aromatic N) is 2. The van der Waals surface area contributed by atoms with Gasteiger partial charge in [-0.3, -0.25) is 13.9 Å². The quantitative estimate of drug-likeness (QED) is 0.267. The fraction of sp³-hybridized carbons (Fsp3) is 0.412. The Hall–Kier alpha value is -3.85. The first-order valence-electron chi connectivity index (χ1n) is 15.1. The Morgan fingerprint density at radius 2 is 1.51 bits per heavy atom. The van der Waals surface area contributed by atoms with E-state index in [0.29, 0.717) is 18.8 Å². The molecular formula is C34H43N3O5S. The van der Waals surface area contributed by atoms with Crippen LogP contribution in [0.1, 0.15) is 62.6 Å². The molecule has 8 nitrogen and oxygen atoms in total. The number of nitrogens with one attached hydrogen (secondary N) is 1. The topological polar surface area (TPSA) is 96.0 Å². The summed E-state index contributed by atoms with van der Waals surface area (Å²) in [6.45, 7) is 7.55. The standard InChI is InChI=1S/C34H43N3O5S/c1-5-30(34(39)35-28-11-7-8-12-28)36(23-27-19-15-25(3)16-20-27)33(38)24-37(31-13-9-10-14-32(31)42-6-2)43(40,41)29-21-17-26(4)18-22-29/h9-10,13-22,28,30H,5-8,11-12,23-24H2,1-4H3,(H,35,39)/t30-/m1/s1. The summed E-state index contributed by atoms with van der Waals surface area (Å²) in [6.07, 6.45) is 4.36. The summed E-state index contributed by atoms with van der Waals surface area (Å²) in [5.41, 5.74) is 3.11. The molecule has 0 saturated heterocycles. The van der Waals surface area contributed by atoms with Crippen LogP contribution in [-0.4, -0.2) is 50.4 Å². The van der Waals surface area contributed by atoms with E-state index < -0.39 is 28.5 Å². The van der Waals surface area contributed by atoms with Gasteiger partial charge < -0.3 is 15.0 Å². The van der Waals surface area contributed by atoms with Crippen molar-refractivity contribution in [3.05, 3.63) is 89.5 Å². The number of carbonyl (C=O) groups is 2. The molecule has 3 aromatic carbocycles. The number of para-hydroxylation sites is 2. The van der Waals surface area contributed by atoms with Crippen molar-refractivity contribution in [2.24, 2.45) is 0 Å². The molecule has 1 saturated carbocycles. The SMILES string of the molecule is CCOc1ccccc1N(CC(=O)N(Cc1ccc(C)cc1)[C@H](CC)C(=O)NC1CCCC1)S(=O)(=O)c1ccc(C)cc1. The fourth-order valence-electron chi connectivity index (χ4n) is 5.47. The number of carbonyl (C=O) groups excluding carboxylic acids is 2. The van der Waals surface area contributed by atoms with Crippen molar-refractivity contribution in [1.82, 2.24) is 10.2 Å². The van der Waals surface area contributed by atoms with Crippen LogP contribution in [0.5, 0.6) is 5.75 Å². The Labute approximate surface area is 256 Å². The van der Waals surface area contributed by atoms with Gasteiger partial charge in [0, 0.05) is 12.6 Å². The van der Waals surface area contributed by atoms with E-state index in [4.69, 9.17) is 4.74 Å². The molecule has 3 aromatic rings. The molecule has 0 radical (unpaired) electrons. The first-order valence-corrected chi connectivity index (χ1v) is 16.5. The van der Waals surface area contributed by atoms with E-state index in [2.05, 4.69) is 5.32 Å². The van der Waals surface area contributed by atoms with Gasteiger partial charge in [0.2, 0.25) is 11.8 Å². The Morgan fingerprint density at radius 3 is 2.12 bits per heavy atom. The second kappa shape index (κ2) is 14.6. The zero-order chi connectivity index (χ0) is 31.0. The van der Waals surface area contributed by atoms with E-state index in [-0.39, 0.29) is 29.1 Å². The number of ether oxygens (including phenoxy) is 1. The minimum atomic E-state index is -4.18. The van der Waals surface area contributed by atoms with Gasteiger partial charge >= 0.3 is 0 Å². The molecule has 9 heteroatoms. The highest BCUT2D eigenvalue weighted by Gasteiger charge is 2.35. The second-order valence-corrected chi connectivity index (χ2v) is 13.0. The highest BCUT2D eigenvalue weighted by atomic mass is 32.2. The van der Waals surface area contributed by atoms with Crippen molar-refractivity contribution in [1.29, 1.82) is 0 Å². The number of rotatable bonds is 13. The van der Waals surface area contributed by atoms with Gasteiger partial charge in [0.15, 0.2) is 0 Å². The maximum Gasteiger partial charge on any atom is 0.264 e. The predicted octanol–water partition coefficient (Wildman–Crippen LogP) is 5.76. The number of hydrogen-bond acceptors (Lipinski definition) is 5. The first-order chi connectivity index (χ1) is 20.6. The average molecular weight is 606 g/mol. The molecular weight excluding hydrogens is 562 g/mol. The Kier molecular flexibility index (Phi) is 10.9. The lowest BCUT2D eigenvalue weighted by Crippen LogP contribution is -2.53. The number of amides is 2. The Morgan fingerprint density at radius 1 is 0.907 bits per heavy atom. The molecule has 0 aromatic heterocycles. The molecule has 1 atom stereocenters. The lowest BCUT2D eigenvalue weighted by molar-refractivity contribution is -0.140. The first kappa shape index (κ1) is 32.1. The fourth-order valence-corrected chi connectivity index (χ4v) is 6.89. The summed E-state index contributed by atoms with van der Waals surface area (Å²) in [7, 11) is -4.18. The normalized spacial score (nSPS) is 14.2. The van der Waals surface area contributed by atoms with Crippen LogP contribution < -0.4 is 14.4 Å². The van der Waals surface area contributed by atoms with Gasteiger partial charge in [-0.25, -0.2) is 8.42 Å². The van der Waals surface area contributed by atoms with Gasteiger partial charge in [-0.1, -0.05) is 79.4 Å². The largest absolute Gasteiger partial charge is 0.492 e. The molecule has 0 bridgehead atoms. The summed E-state index contributed by atoms with van der Waals surface area (Å²) >= 11 is 0. The van der Waals surface area contributed by atoms with Crippen LogP contribution in [0, 0.1) is 13.8 Å². The summed E-state index contributed by atoms with van der Waals surface area (Å²) < 4.78 is 35.3. The molecule has 1 N–H and O–H groups in total. The molecule has 0 aliphatic heterocycles. The molecule has 230 valence electrons. The molecule has 2 amide bonds. The third kappa shape index (κ3) is 7.96. The van der Waals surface area contributed by atoms with Gasteiger partial charge in [-0.05, 0) is 69.9 Å². The van der Waals surface area contributed by atoms with Crippen LogP contribution in [-0.2, 0) is 26.2 Å². The van der Waals surface area contributed by atoms with Gasteiger partial charge in [0.25, 0.3) is 10.0 Å². The molecule has 4 rings (SSSR count). The van der Waals surface area contributed by atoms with E-state index in [9.17, 15) is 18.0 Å². The number of hydrogen-bond donors (Lipinski definition) is 1.